The average Bonchev–Trinajstić information content (AvgIpc) is 3.12. The van der Waals surface area contributed by atoms with E-state index in [0.29, 0.717) is 29.7 Å². The molecular formula is C22H17ClF2N2O3. The summed E-state index contributed by atoms with van der Waals surface area (Å²) in [6, 6.07) is 8.81. The summed E-state index contributed by atoms with van der Waals surface area (Å²) in [6.07, 6.45) is 0.792. The molecule has 1 aromatic heterocycles. The molecule has 1 aliphatic rings. The fourth-order valence-electron chi connectivity index (χ4n) is 4.02. The van der Waals surface area contributed by atoms with Crippen LogP contribution in [0.15, 0.2) is 36.4 Å². The molecule has 1 unspecified atom stereocenters. The topological polar surface area (TPSA) is 85.4 Å². The van der Waals surface area contributed by atoms with Gasteiger partial charge in [0.15, 0.2) is 11.6 Å². The van der Waals surface area contributed by atoms with E-state index in [9.17, 15) is 14.3 Å². The number of aromatic hydroxyl groups is 1. The van der Waals surface area contributed by atoms with Crippen LogP contribution < -0.4 is 10.5 Å². The molecule has 0 saturated heterocycles. The van der Waals surface area contributed by atoms with Crippen molar-refractivity contribution < 1.29 is 23.4 Å². The quantitative estimate of drug-likeness (QED) is 0.643. The first kappa shape index (κ1) is 20.1. The van der Waals surface area contributed by atoms with Gasteiger partial charge in [0.05, 0.1) is 17.7 Å². The molecule has 1 atom stereocenters. The zero-order chi connectivity index (χ0) is 21.6. The highest BCUT2D eigenvalue weighted by Gasteiger charge is 2.32. The second-order valence-electron chi connectivity index (χ2n) is 7.08. The normalized spacial score (nSPS) is 15.1. The van der Waals surface area contributed by atoms with Crippen LogP contribution in [-0.2, 0) is 12.8 Å². The Morgan fingerprint density at radius 3 is 2.67 bits per heavy atom. The molecule has 1 amide bonds. The molecule has 0 spiro atoms. The molecule has 4 rings (SSSR count). The van der Waals surface area contributed by atoms with Crippen LogP contribution in [0.1, 0.15) is 33.1 Å². The summed E-state index contributed by atoms with van der Waals surface area (Å²) >= 11 is 6.28. The molecule has 0 aliphatic heterocycles. The van der Waals surface area contributed by atoms with Gasteiger partial charge in [-0.05, 0) is 48.2 Å². The number of nitrogens with zero attached hydrogens (tertiary/aromatic N) is 1. The summed E-state index contributed by atoms with van der Waals surface area (Å²) < 4.78 is 35.0. The maximum atomic E-state index is 15.3. The van der Waals surface area contributed by atoms with Crippen molar-refractivity contribution in [3.8, 4) is 22.8 Å². The van der Waals surface area contributed by atoms with Crippen LogP contribution >= 0.6 is 11.6 Å². The van der Waals surface area contributed by atoms with E-state index in [4.69, 9.17) is 22.1 Å². The Kier molecular flexibility index (Phi) is 5.07. The Labute approximate surface area is 176 Å². The van der Waals surface area contributed by atoms with Gasteiger partial charge in [-0.3, -0.25) is 4.79 Å². The number of carbonyl (C=O) groups is 1. The molecule has 3 aromatic rings. The third kappa shape index (κ3) is 3.25. The molecule has 30 heavy (non-hydrogen) atoms. The maximum absolute atomic E-state index is 15.3. The zero-order valence-electron chi connectivity index (χ0n) is 15.9. The first-order chi connectivity index (χ1) is 14.3. The molecule has 3 N–H and O–H groups in total. The molecule has 0 radical (unpaired) electrons. The monoisotopic (exact) mass is 430 g/mol. The SMILES string of the molecule is COc1ccc(C(N)=O)c(-c2c(Cl)c(F)cc3c2CC(c2cccc(O)n2)C3)c1F. The Morgan fingerprint density at radius 2 is 2.00 bits per heavy atom. The lowest BCUT2D eigenvalue weighted by Crippen LogP contribution is -2.14. The Balaban J connectivity index is 1.94. The lowest BCUT2D eigenvalue weighted by molar-refractivity contribution is 0.100. The van der Waals surface area contributed by atoms with Crippen LogP contribution in [0.5, 0.6) is 11.6 Å². The molecule has 0 bridgehead atoms. The highest BCUT2D eigenvalue weighted by Crippen LogP contribution is 2.46. The van der Waals surface area contributed by atoms with Gasteiger partial charge >= 0.3 is 0 Å². The number of hydrogen-bond acceptors (Lipinski definition) is 4. The van der Waals surface area contributed by atoms with Gasteiger partial charge in [-0.1, -0.05) is 17.7 Å². The Hall–Kier alpha value is -3.19. The number of primary amides is 1. The van der Waals surface area contributed by atoms with Crippen LogP contribution in [-0.4, -0.2) is 23.1 Å². The van der Waals surface area contributed by atoms with Gasteiger partial charge in [0.25, 0.3) is 0 Å². The molecule has 1 heterocycles. The Bertz CT molecular complexity index is 1180. The van der Waals surface area contributed by atoms with Crippen LogP contribution in [0.2, 0.25) is 5.02 Å². The number of carbonyl (C=O) groups excluding carboxylic acids is 1. The van der Waals surface area contributed by atoms with Crippen LogP contribution in [0.3, 0.4) is 0 Å². The third-order valence-corrected chi connectivity index (χ3v) is 5.72. The van der Waals surface area contributed by atoms with Gasteiger partial charge in [-0.25, -0.2) is 13.8 Å². The predicted octanol–water partition coefficient (Wildman–Crippen LogP) is 4.38. The fourth-order valence-corrected chi connectivity index (χ4v) is 4.28. The van der Waals surface area contributed by atoms with E-state index in [0.717, 1.165) is 0 Å². The number of halogens is 3. The minimum Gasteiger partial charge on any atom is -0.494 e. The van der Waals surface area contributed by atoms with Crippen molar-refractivity contribution in [1.82, 2.24) is 4.98 Å². The second kappa shape index (κ2) is 7.57. The van der Waals surface area contributed by atoms with E-state index in [1.54, 1.807) is 12.1 Å². The molecule has 154 valence electrons. The average molecular weight is 431 g/mol. The van der Waals surface area contributed by atoms with Crippen molar-refractivity contribution in [2.24, 2.45) is 5.73 Å². The van der Waals surface area contributed by atoms with Gasteiger partial charge < -0.3 is 15.6 Å². The van der Waals surface area contributed by atoms with E-state index in [1.807, 2.05) is 0 Å². The number of benzene rings is 2. The highest BCUT2D eigenvalue weighted by atomic mass is 35.5. The van der Waals surface area contributed by atoms with Crippen molar-refractivity contribution in [3.05, 3.63) is 75.4 Å². The minimum absolute atomic E-state index is 0.0829. The van der Waals surface area contributed by atoms with Crippen LogP contribution in [0.25, 0.3) is 11.1 Å². The van der Waals surface area contributed by atoms with E-state index in [1.165, 1.54) is 31.4 Å². The second-order valence-corrected chi connectivity index (χ2v) is 7.46. The van der Waals surface area contributed by atoms with Crippen LogP contribution in [0, 0.1) is 11.6 Å². The first-order valence-electron chi connectivity index (χ1n) is 9.14. The van der Waals surface area contributed by atoms with Gasteiger partial charge in [-0.2, -0.15) is 0 Å². The maximum Gasteiger partial charge on any atom is 0.249 e. The smallest absolute Gasteiger partial charge is 0.249 e. The van der Waals surface area contributed by atoms with E-state index in [2.05, 4.69) is 4.98 Å². The standard InChI is InChI=1S/C22H17ClF2N2O3/c1-30-16-6-5-12(22(26)29)19(21(16)25)18-13-8-11(15-3-2-4-17(28)27-15)7-10(13)9-14(24)20(18)23/h2-6,9,11H,7-8H2,1H3,(H2,26,29)(H,27,28). The number of hydrogen-bond donors (Lipinski definition) is 2. The summed E-state index contributed by atoms with van der Waals surface area (Å²) in [6.45, 7) is 0. The highest BCUT2D eigenvalue weighted by molar-refractivity contribution is 6.34. The van der Waals surface area contributed by atoms with Crippen molar-refractivity contribution in [3.63, 3.8) is 0 Å². The number of aromatic nitrogens is 1. The fraction of sp³-hybridized carbons (Fsp3) is 0.182. The first-order valence-corrected chi connectivity index (χ1v) is 9.52. The molecule has 1 aliphatic carbocycles. The Morgan fingerprint density at radius 1 is 1.23 bits per heavy atom. The molecule has 0 fully saturated rings. The van der Waals surface area contributed by atoms with E-state index < -0.39 is 17.5 Å². The number of rotatable bonds is 4. The summed E-state index contributed by atoms with van der Waals surface area (Å²) in [5.41, 5.74) is 7.08. The van der Waals surface area contributed by atoms with Crippen molar-refractivity contribution in [2.75, 3.05) is 7.11 Å². The summed E-state index contributed by atoms with van der Waals surface area (Å²) in [5, 5.41) is 9.40. The summed E-state index contributed by atoms with van der Waals surface area (Å²) in [7, 11) is 1.29. The van der Waals surface area contributed by atoms with E-state index >= 15 is 4.39 Å². The molecular weight excluding hydrogens is 414 g/mol. The summed E-state index contributed by atoms with van der Waals surface area (Å²) in [4.78, 5) is 16.1. The number of ether oxygens (including phenoxy) is 1. The molecule has 0 saturated carbocycles. The summed E-state index contributed by atoms with van der Waals surface area (Å²) in [5.74, 6) is -2.86. The van der Waals surface area contributed by atoms with Crippen molar-refractivity contribution >= 4 is 17.5 Å². The number of nitrogens with two attached hydrogens (primary N) is 1. The lowest BCUT2D eigenvalue weighted by Gasteiger charge is -2.17. The number of methoxy groups -OCH3 is 1. The predicted molar refractivity (Wildman–Crippen MR) is 108 cm³/mol. The minimum atomic E-state index is -0.871. The lowest BCUT2D eigenvalue weighted by atomic mass is 9.91. The number of amides is 1. The van der Waals surface area contributed by atoms with E-state index in [-0.39, 0.29) is 39.3 Å². The largest absolute Gasteiger partial charge is 0.494 e. The molecule has 8 heteroatoms. The van der Waals surface area contributed by atoms with Gasteiger partial charge in [0.1, 0.15) is 5.82 Å². The van der Waals surface area contributed by atoms with Crippen molar-refractivity contribution in [1.29, 1.82) is 0 Å². The molecule has 5 nitrogen and oxygen atoms in total. The zero-order valence-corrected chi connectivity index (χ0v) is 16.6. The molecule has 2 aromatic carbocycles. The number of fused-ring (bicyclic) bond motifs is 1. The van der Waals surface area contributed by atoms with Gasteiger partial charge in [0.2, 0.25) is 11.8 Å². The van der Waals surface area contributed by atoms with Gasteiger partial charge in [-0.15, -0.1) is 0 Å². The third-order valence-electron chi connectivity index (χ3n) is 5.35. The van der Waals surface area contributed by atoms with Crippen LogP contribution in [0.4, 0.5) is 8.78 Å². The number of pyridine rings is 1. The van der Waals surface area contributed by atoms with Gasteiger partial charge in [0, 0.05) is 28.8 Å². The van der Waals surface area contributed by atoms with Crippen molar-refractivity contribution in [2.45, 2.75) is 18.8 Å².